The van der Waals surface area contributed by atoms with Crippen LogP contribution in [0.1, 0.15) is 58.1 Å². The van der Waals surface area contributed by atoms with Crippen LogP contribution in [-0.4, -0.2) is 40.4 Å². The van der Waals surface area contributed by atoms with Crippen LogP contribution >= 0.6 is 0 Å². The van der Waals surface area contributed by atoms with Crippen LogP contribution < -0.4 is 4.74 Å². The predicted octanol–water partition coefficient (Wildman–Crippen LogP) is 8.10. The Balaban J connectivity index is 1.43. The molecule has 0 saturated carbocycles. The van der Waals surface area contributed by atoms with Crippen molar-refractivity contribution in [1.29, 1.82) is 0 Å². The van der Waals surface area contributed by atoms with E-state index in [-0.39, 0.29) is 36.7 Å². The number of carbonyl (C=O) groups is 1. The van der Waals surface area contributed by atoms with Crippen LogP contribution in [0.15, 0.2) is 127 Å². The molecule has 258 valence electrons. The molecule has 1 aliphatic heterocycles. The van der Waals surface area contributed by atoms with Crippen molar-refractivity contribution in [1.82, 2.24) is 0 Å². The van der Waals surface area contributed by atoms with Gasteiger partial charge in [0, 0.05) is 6.07 Å². The van der Waals surface area contributed by atoms with Crippen molar-refractivity contribution >= 4 is 5.78 Å². The first-order chi connectivity index (χ1) is 24.4. The minimum absolute atomic E-state index is 0.140. The largest absolute Gasteiger partial charge is 0.507 e. The Morgan fingerprint density at radius 2 is 1.04 bits per heavy atom. The third-order valence-electron chi connectivity index (χ3n) is 8.78. The van der Waals surface area contributed by atoms with E-state index < -0.39 is 47.8 Å². The number of carbonyl (C=O) groups excluding carboxylic acids is 1. The summed E-state index contributed by atoms with van der Waals surface area (Å²) < 4.78 is 33.1. The number of phenols is 2. The molecule has 0 radical (unpaired) electrons. The smallest absolute Gasteiger partial charge is 0.167 e. The van der Waals surface area contributed by atoms with Crippen molar-refractivity contribution in [3.8, 4) is 17.2 Å². The summed E-state index contributed by atoms with van der Waals surface area (Å²) in [6.45, 7) is 4.10. The number of benzene rings is 5. The molecule has 0 amide bonds. The second-order valence-corrected chi connectivity index (χ2v) is 12.4. The van der Waals surface area contributed by atoms with E-state index in [1.165, 1.54) is 13.0 Å². The lowest BCUT2D eigenvalue weighted by Gasteiger charge is -2.46. The van der Waals surface area contributed by atoms with Gasteiger partial charge in [-0.25, -0.2) is 0 Å². The molecule has 8 nitrogen and oxygen atoms in total. The van der Waals surface area contributed by atoms with E-state index >= 15 is 0 Å². The lowest BCUT2D eigenvalue weighted by molar-refractivity contribution is -0.264. The number of rotatable bonds is 14. The zero-order valence-corrected chi connectivity index (χ0v) is 28.2. The highest BCUT2D eigenvalue weighted by Gasteiger charge is 2.49. The number of ketones is 1. The van der Waals surface area contributed by atoms with E-state index in [1.54, 1.807) is 0 Å². The molecule has 2 N–H and O–H groups in total. The zero-order valence-electron chi connectivity index (χ0n) is 28.2. The van der Waals surface area contributed by atoms with Gasteiger partial charge in [-0.05, 0) is 36.1 Å². The first-order valence-corrected chi connectivity index (χ1v) is 16.8. The molecule has 0 unspecified atom stereocenters. The third kappa shape index (κ3) is 8.41. The van der Waals surface area contributed by atoms with Crippen molar-refractivity contribution in [2.45, 2.75) is 70.8 Å². The highest BCUT2D eigenvalue weighted by atomic mass is 16.6. The molecule has 0 aliphatic carbocycles. The summed E-state index contributed by atoms with van der Waals surface area (Å²) in [5.41, 5.74) is 3.71. The molecule has 6 rings (SSSR count). The fraction of sp³-hybridized carbons (Fsp3) is 0.262. The maximum Gasteiger partial charge on any atom is 0.167 e. The van der Waals surface area contributed by atoms with Gasteiger partial charge in [0.1, 0.15) is 53.8 Å². The standard InChI is InChI=1S/C42H42O8/c1-28(43)36-34(44)23-35(46-24-30-15-7-3-8-16-30)37(38(36)45)40-42(49-27-33-21-13-6-14-22-33)41(48-26-32-19-11-5-12-20-32)39(29(2)50-40)47-25-31-17-9-4-10-18-31/h3-23,29,39-42,44-45H,24-27H2,1-2H3/t29-,39+,40+,41+,42+/m0/s1. The van der Waals surface area contributed by atoms with Crippen LogP contribution in [0.4, 0.5) is 0 Å². The monoisotopic (exact) mass is 674 g/mol. The minimum atomic E-state index is -0.990. The maximum atomic E-state index is 12.8. The van der Waals surface area contributed by atoms with E-state index in [4.69, 9.17) is 23.7 Å². The Morgan fingerprint density at radius 3 is 1.50 bits per heavy atom. The van der Waals surface area contributed by atoms with E-state index in [0.717, 1.165) is 22.3 Å². The van der Waals surface area contributed by atoms with Gasteiger partial charge in [0.15, 0.2) is 5.78 Å². The van der Waals surface area contributed by atoms with Crippen molar-refractivity contribution in [2.24, 2.45) is 0 Å². The van der Waals surface area contributed by atoms with Gasteiger partial charge in [-0.15, -0.1) is 0 Å². The maximum absolute atomic E-state index is 12.8. The molecule has 0 aromatic heterocycles. The van der Waals surface area contributed by atoms with Crippen molar-refractivity contribution in [2.75, 3.05) is 0 Å². The molecule has 1 heterocycles. The fourth-order valence-electron chi connectivity index (χ4n) is 6.27. The summed E-state index contributed by atoms with van der Waals surface area (Å²) in [7, 11) is 0. The minimum Gasteiger partial charge on any atom is -0.507 e. The summed E-state index contributed by atoms with van der Waals surface area (Å²) in [5, 5.41) is 22.7. The number of phenolic OH excluding ortho intramolecular Hbond substituents is 2. The van der Waals surface area contributed by atoms with Crippen LogP contribution in [-0.2, 0) is 45.4 Å². The average molecular weight is 675 g/mol. The summed E-state index contributed by atoms with van der Waals surface area (Å²) in [5.74, 6) is -1.18. The molecular weight excluding hydrogens is 632 g/mol. The Labute approximate surface area is 292 Å². The molecule has 5 aromatic carbocycles. The number of hydrogen-bond donors (Lipinski definition) is 2. The normalized spacial score (nSPS) is 20.3. The molecule has 1 aliphatic rings. The Kier molecular flexibility index (Phi) is 11.6. The van der Waals surface area contributed by atoms with Crippen molar-refractivity contribution < 1.29 is 38.7 Å². The van der Waals surface area contributed by atoms with Crippen LogP contribution in [0, 0.1) is 0 Å². The molecule has 1 fully saturated rings. The lowest BCUT2D eigenvalue weighted by atomic mass is 9.88. The number of Topliss-reactive ketones (excluding diaryl/α,β-unsaturated/α-hetero) is 1. The van der Waals surface area contributed by atoms with Gasteiger partial charge in [-0.2, -0.15) is 0 Å². The molecule has 50 heavy (non-hydrogen) atoms. The highest BCUT2D eigenvalue weighted by molar-refractivity contribution is 6.00. The Hall–Kier alpha value is -4.99. The van der Waals surface area contributed by atoms with Gasteiger partial charge < -0.3 is 33.9 Å². The Bertz CT molecular complexity index is 1820. The van der Waals surface area contributed by atoms with Crippen LogP contribution in [0.2, 0.25) is 0 Å². The van der Waals surface area contributed by atoms with Crippen LogP contribution in [0.25, 0.3) is 0 Å². The molecule has 5 aromatic rings. The molecule has 0 bridgehead atoms. The average Bonchev–Trinajstić information content (AvgIpc) is 3.13. The van der Waals surface area contributed by atoms with Gasteiger partial charge in [0.05, 0.1) is 31.5 Å². The third-order valence-corrected chi connectivity index (χ3v) is 8.78. The highest BCUT2D eigenvalue weighted by Crippen LogP contribution is 2.48. The lowest BCUT2D eigenvalue weighted by Crippen LogP contribution is -2.56. The predicted molar refractivity (Wildman–Crippen MR) is 189 cm³/mol. The van der Waals surface area contributed by atoms with Gasteiger partial charge >= 0.3 is 0 Å². The summed E-state index contributed by atoms with van der Waals surface area (Å²) in [4.78, 5) is 12.8. The second kappa shape index (κ2) is 16.6. The SMILES string of the molecule is CC(=O)c1c(O)cc(OCc2ccccc2)c([C@H]2O[C@@H](C)[C@@H](OCc3ccccc3)[C@@H](OCc3ccccc3)[C@@H]2OCc2ccccc2)c1O. The van der Waals surface area contributed by atoms with E-state index in [0.29, 0.717) is 6.61 Å². The zero-order chi connectivity index (χ0) is 34.9. The van der Waals surface area contributed by atoms with Gasteiger partial charge in [-0.3, -0.25) is 4.79 Å². The van der Waals surface area contributed by atoms with E-state index in [9.17, 15) is 15.0 Å². The van der Waals surface area contributed by atoms with E-state index in [2.05, 4.69) is 0 Å². The number of aromatic hydroxyl groups is 2. The fourth-order valence-corrected chi connectivity index (χ4v) is 6.27. The number of ether oxygens (including phenoxy) is 5. The topological polar surface area (TPSA) is 104 Å². The summed E-state index contributed by atoms with van der Waals surface area (Å²) in [6, 6.07) is 40.3. The van der Waals surface area contributed by atoms with Crippen molar-refractivity contribution in [3.63, 3.8) is 0 Å². The summed E-state index contributed by atoms with van der Waals surface area (Å²) >= 11 is 0. The Morgan fingerprint density at radius 1 is 0.620 bits per heavy atom. The molecular formula is C42H42O8. The quantitative estimate of drug-likeness (QED) is 0.114. The van der Waals surface area contributed by atoms with E-state index in [1.807, 2.05) is 128 Å². The van der Waals surface area contributed by atoms with Crippen LogP contribution in [0.3, 0.4) is 0 Å². The van der Waals surface area contributed by atoms with Crippen LogP contribution in [0.5, 0.6) is 17.2 Å². The molecule has 1 saturated heterocycles. The second-order valence-electron chi connectivity index (χ2n) is 12.4. The number of hydrogen-bond acceptors (Lipinski definition) is 8. The summed E-state index contributed by atoms with van der Waals surface area (Å²) in [6.07, 6.45) is -3.69. The first kappa shape index (κ1) is 34.9. The first-order valence-electron chi connectivity index (χ1n) is 16.8. The molecule has 0 spiro atoms. The van der Waals surface area contributed by atoms with Gasteiger partial charge in [0.25, 0.3) is 0 Å². The van der Waals surface area contributed by atoms with Gasteiger partial charge in [0.2, 0.25) is 0 Å². The molecule has 5 atom stereocenters. The van der Waals surface area contributed by atoms with Crippen molar-refractivity contribution in [3.05, 3.63) is 161 Å². The molecule has 8 heteroatoms. The van der Waals surface area contributed by atoms with Gasteiger partial charge in [-0.1, -0.05) is 121 Å².